The van der Waals surface area contributed by atoms with Gasteiger partial charge in [-0.2, -0.15) is 0 Å². The molecule has 0 saturated carbocycles. The third kappa shape index (κ3) is 7.51. The second-order valence-electron chi connectivity index (χ2n) is 7.02. The molecule has 6 heteroatoms. The molecule has 2 amide bonds. The Bertz CT molecular complexity index is 991. The van der Waals surface area contributed by atoms with Crippen molar-refractivity contribution in [1.29, 1.82) is 0 Å². The van der Waals surface area contributed by atoms with Crippen molar-refractivity contribution in [3.8, 4) is 0 Å². The van der Waals surface area contributed by atoms with Crippen molar-refractivity contribution in [3.05, 3.63) is 95.6 Å². The van der Waals surface area contributed by atoms with Gasteiger partial charge in [0.05, 0.1) is 13.2 Å². The maximum absolute atomic E-state index is 12.1. The van der Waals surface area contributed by atoms with E-state index in [0.717, 1.165) is 16.7 Å². The molecule has 2 N–H and O–H groups in total. The highest BCUT2D eigenvalue weighted by atomic mass is 16.6. The third-order valence-electron chi connectivity index (χ3n) is 4.65. The van der Waals surface area contributed by atoms with Crippen LogP contribution in [0.3, 0.4) is 0 Å². The summed E-state index contributed by atoms with van der Waals surface area (Å²) in [6, 6.07) is 24.8. The molecule has 0 fully saturated rings. The minimum atomic E-state index is -0.545. The van der Waals surface area contributed by atoms with Crippen LogP contribution in [0.1, 0.15) is 16.7 Å². The Kier molecular flexibility index (Phi) is 8.05. The molecular weight excluding hydrogens is 392 g/mol. The van der Waals surface area contributed by atoms with Crippen LogP contribution in [-0.4, -0.2) is 25.4 Å². The number of nitrogens with one attached hydrogen (secondary N) is 2. The first-order valence-corrected chi connectivity index (χ1v) is 10.2. The normalized spacial score (nSPS) is 10.2. The molecule has 160 valence electrons. The lowest BCUT2D eigenvalue weighted by atomic mass is 10.2. The summed E-state index contributed by atoms with van der Waals surface area (Å²) in [7, 11) is 0. The van der Waals surface area contributed by atoms with Crippen LogP contribution >= 0.6 is 0 Å². The number of carbonyl (C=O) groups excluding carboxylic acids is 2. The number of aryl methyl sites for hydroxylation is 1. The van der Waals surface area contributed by atoms with Gasteiger partial charge in [-0.15, -0.1) is 0 Å². The van der Waals surface area contributed by atoms with Crippen molar-refractivity contribution in [2.24, 2.45) is 0 Å². The Labute approximate surface area is 182 Å². The van der Waals surface area contributed by atoms with E-state index in [4.69, 9.17) is 9.47 Å². The fraction of sp³-hybridized carbons (Fsp3) is 0.200. The standard InChI is InChI=1S/C25H26N2O4/c1-19-12-13-22(26-24(28)30-16-14-20-8-4-2-5-9-20)18-23(19)27-25(29)31-17-15-21-10-6-3-7-11-21/h2-13,18H,14-17H2,1H3,(H,26,28)(H,27,29). The predicted molar refractivity (Wildman–Crippen MR) is 121 cm³/mol. The zero-order valence-corrected chi connectivity index (χ0v) is 17.5. The van der Waals surface area contributed by atoms with Crippen LogP contribution in [0, 0.1) is 6.92 Å². The monoisotopic (exact) mass is 418 g/mol. The van der Waals surface area contributed by atoms with Gasteiger partial charge < -0.3 is 9.47 Å². The van der Waals surface area contributed by atoms with E-state index < -0.39 is 12.2 Å². The topological polar surface area (TPSA) is 76.7 Å². The molecule has 0 unspecified atom stereocenters. The van der Waals surface area contributed by atoms with E-state index in [1.807, 2.05) is 67.6 Å². The van der Waals surface area contributed by atoms with Crippen LogP contribution in [-0.2, 0) is 22.3 Å². The SMILES string of the molecule is Cc1ccc(NC(=O)OCCc2ccccc2)cc1NC(=O)OCCc1ccccc1. The minimum absolute atomic E-state index is 0.278. The zero-order chi connectivity index (χ0) is 21.9. The van der Waals surface area contributed by atoms with Crippen molar-refractivity contribution in [2.75, 3.05) is 23.8 Å². The minimum Gasteiger partial charge on any atom is -0.449 e. The van der Waals surface area contributed by atoms with Gasteiger partial charge in [0.15, 0.2) is 0 Å². The molecule has 0 heterocycles. The highest BCUT2D eigenvalue weighted by Crippen LogP contribution is 2.21. The number of ether oxygens (including phenoxy) is 2. The average Bonchev–Trinajstić information content (AvgIpc) is 2.77. The van der Waals surface area contributed by atoms with Gasteiger partial charge in [-0.25, -0.2) is 9.59 Å². The third-order valence-corrected chi connectivity index (χ3v) is 4.65. The van der Waals surface area contributed by atoms with Gasteiger partial charge in [-0.05, 0) is 35.7 Å². The molecule has 0 spiro atoms. The molecule has 3 aromatic rings. The summed E-state index contributed by atoms with van der Waals surface area (Å²) < 4.78 is 10.5. The van der Waals surface area contributed by atoms with Crippen LogP contribution in [0.4, 0.5) is 21.0 Å². The van der Waals surface area contributed by atoms with Crippen LogP contribution in [0.5, 0.6) is 0 Å². The molecule has 0 atom stereocenters. The second-order valence-corrected chi connectivity index (χ2v) is 7.02. The molecule has 3 rings (SSSR count). The van der Waals surface area contributed by atoms with Crippen LogP contribution in [0.25, 0.3) is 0 Å². The Hall–Kier alpha value is -3.80. The van der Waals surface area contributed by atoms with E-state index in [-0.39, 0.29) is 13.2 Å². The lowest BCUT2D eigenvalue weighted by molar-refractivity contribution is 0.162. The van der Waals surface area contributed by atoms with Crippen molar-refractivity contribution < 1.29 is 19.1 Å². The summed E-state index contributed by atoms with van der Waals surface area (Å²) in [4.78, 5) is 24.2. The van der Waals surface area contributed by atoms with Gasteiger partial charge in [-0.1, -0.05) is 66.7 Å². The first kappa shape index (κ1) is 21.9. The smallest absolute Gasteiger partial charge is 0.411 e. The van der Waals surface area contributed by atoms with E-state index in [2.05, 4.69) is 10.6 Å². The lowest BCUT2D eigenvalue weighted by Crippen LogP contribution is -2.17. The molecule has 0 saturated heterocycles. The average molecular weight is 418 g/mol. The largest absolute Gasteiger partial charge is 0.449 e. The van der Waals surface area contributed by atoms with E-state index in [0.29, 0.717) is 24.2 Å². The summed E-state index contributed by atoms with van der Waals surface area (Å²) in [6.45, 7) is 2.42. The number of hydrogen-bond acceptors (Lipinski definition) is 4. The second kappa shape index (κ2) is 11.4. The van der Waals surface area contributed by atoms with E-state index >= 15 is 0 Å². The lowest BCUT2D eigenvalue weighted by Gasteiger charge is -2.12. The number of benzene rings is 3. The number of hydrogen-bond donors (Lipinski definition) is 2. The molecule has 0 radical (unpaired) electrons. The molecule has 6 nitrogen and oxygen atoms in total. The van der Waals surface area contributed by atoms with Gasteiger partial charge >= 0.3 is 12.2 Å². The van der Waals surface area contributed by atoms with Crippen molar-refractivity contribution in [3.63, 3.8) is 0 Å². The van der Waals surface area contributed by atoms with Crippen LogP contribution < -0.4 is 10.6 Å². The summed E-state index contributed by atoms with van der Waals surface area (Å²) >= 11 is 0. The van der Waals surface area contributed by atoms with Crippen LogP contribution in [0.2, 0.25) is 0 Å². The maximum Gasteiger partial charge on any atom is 0.411 e. The van der Waals surface area contributed by atoms with E-state index in [1.54, 1.807) is 18.2 Å². The predicted octanol–water partition coefficient (Wildman–Crippen LogP) is 5.58. The summed E-state index contributed by atoms with van der Waals surface area (Å²) in [5.74, 6) is 0. The van der Waals surface area contributed by atoms with Crippen LogP contribution in [0.15, 0.2) is 78.9 Å². The van der Waals surface area contributed by atoms with Gasteiger partial charge in [0, 0.05) is 24.2 Å². The van der Waals surface area contributed by atoms with Crippen molar-refractivity contribution in [1.82, 2.24) is 0 Å². The fourth-order valence-electron chi connectivity index (χ4n) is 2.95. The Morgan fingerprint density at radius 3 is 1.77 bits per heavy atom. The number of carbonyl (C=O) groups is 2. The molecule has 0 aliphatic carbocycles. The summed E-state index contributed by atoms with van der Waals surface area (Å²) in [5, 5.41) is 5.40. The number of anilines is 2. The first-order valence-electron chi connectivity index (χ1n) is 10.2. The van der Waals surface area contributed by atoms with E-state index in [9.17, 15) is 9.59 Å². The first-order chi connectivity index (χ1) is 15.1. The summed E-state index contributed by atoms with van der Waals surface area (Å²) in [6.07, 6.45) is 0.200. The highest BCUT2D eigenvalue weighted by Gasteiger charge is 2.09. The highest BCUT2D eigenvalue weighted by molar-refractivity contribution is 5.89. The molecular formula is C25H26N2O4. The zero-order valence-electron chi connectivity index (χ0n) is 17.5. The maximum atomic E-state index is 12.1. The molecule has 0 aliphatic heterocycles. The Balaban J connectivity index is 1.45. The van der Waals surface area contributed by atoms with Crippen molar-refractivity contribution >= 4 is 23.6 Å². The van der Waals surface area contributed by atoms with Crippen molar-refractivity contribution in [2.45, 2.75) is 19.8 Å². The Morgan fingerprint density at radius 1 is 0.710 bits per heavy atom. The summed E-state index contributed by atoms with van der Waals surface area (Å²) in [5.41, 5.74) is 4.14. The number of amides is 2. The molecule has 0 aliphatic rings. The van der Waals surface area contributed by atoms with Gasteiger partial charge in [0.1, 0.15) is 0 Å². The van der Waals surface area contributed by atoms with Gasteiger partial charge in [-0.3, -0.25) is 10.6 Å². The van der Waals surface area contributed by atoms with Gasteiger partial charge in [0.25, 0.3) is 0 Å². The Morgan fingerprint density at radius 2 is 1.23 bits per heavy atom. The van der Waals surface area contributed by atoms with Gasteiger partial charge in [0.2, 0.25) is 0 Å². The molecule has 3 aromatic carbocycles. The molecule has 31 heavy (non-hydrogen) atoms. The molecule has 0 aromatic heterocycles. The van der Waals surface area contributed by atoms with E-state index in [1.165, 1.54) is 0 Å². The molecule has 0 bridgehead atoms. The quantitative estimate of drug-likeness (QED) is 0.501. The number of rotatable bonds is 8. The fourth-order valence-corrected chi connectivity index (χ4v) is 2.95.